The van der Waals surface area contributed by atoms with Crippen molar-refractivity contribution in [1.82, 2.24) is 20.2 Å². The number of pyridine rings is 1. The van der Waals surface area contributed by atoms with Gasteiger partial charge in [-0.2, -0.15) is 0 Å². The molecule has 6 heteroatoms. The van der Waals surface area contributed by atoms with Crippen molar-refractivity contribution in [2.24, 2.45) is 4.99 Å². The molecule has 0 aromatic carbocycles. The van der Waals surface area contributed by atoms with Gasteiger partial charge >= 0.3 is 0 Å². The molecule has 0 aliphatic carbocycles. The molecule has 2 aromatic rings. The number of halogens is 1. The number of nitrogens with zero attached hydrogens (tertiary/aromatic N) is 3. The normalized spacial score (nSPS) is 14.4. The van der Waals surface area contributed by atoms with Crippen LogP contribution in [0.3, 0.4) is 0 Å². The number of hydrogen-bond donors (Lipinski definition) is 2. The molecule has 5 nitrogen and oxygen atoms in total. The van der Waals surface area contributed by atoms with Crippen LogP contribution in [0, 0.1) is 0 Å². The first-order valence-corrected chi connectivity index (χ1v) is 6.25. The summed E-state index contributed by atoms with van der Waals surface area (Å²) in [5, 5.41) is 4.59. The number of H-pyrrole nitrogens is 1. The molecule has 2 N–H and O–H groups in total. The molecule has 3 rings (SSSR count). The summed E-state index contributed by atoms with van der Waals surface area (Å²) in [5.74, 6) is 1.01. The van der Waals surface area contributed by atoms with E-state index >= 15 is 0 Å². The summed E-state index contributed by atoms with van der Waals surface area (Å²) >= 11 is 0. The Morgan fingerprint density at radius 3 is 3.16 bits per heavy atom. The summed E-state index contributed by atoms with van der Waals surface area (Å²) in [5.41, 5.74) is 2.26. The zero-order valence-corrected chi connectivity index (χ0v) is 13.2. The van der Waals surface area contributed by atoms with Crippen molar-refractivity contribution in [2.45, 2.75) is 6.42 Å². The van der Waals surface area contributed by atoms with E-state index in [1.807, 2.05) is 18.5 Å². The molecule has 0 radical (unpaired) electrons. The number of nitrogens with one attached hydrogen (secondary N) is 2. The van der Waals surface area contributed by atoms with E-state index in [-0.39, 0.29) is 24.0 Å². The number of aromatic nitrogens is 2. The molecule has 3 heterocycles. The molecule has 0 fully saturated rings. The van der Waals surface area contributed by atoms with E-state index in [1.165, 1.54) is 10.9 Å². The minimum atomic E-state index is 0. The third kappa shape index (κ3) is 2.99. The number of aromatic amines is 1. The maximum Gasteiger partial charge on any atom is 0.193 e. The van der Waals surface area contributed by atoms with Gasteiger partial charge in [0.15, 0.2) is 5.96 Å². The molecule has 0 unspecified atom stereocenters. The Bertz CT molecular complexity index is 577. The van der Waals surface area contributed by atoms with Gasteiger partial charge in [-0.25, -0.2) is 4.98 Å². The average molecular weight is 371 g/mol. The third-order valence-corrected chi connectivity index (χ3v) is 3.27. The van der Waals surface area contributed by atoms with Gasteiger partial charge in [-0.1, -0.05) is 0 Å². The van der Waals surface area contributed by atoms with E-state index < -0.39 is 0 Å². The van der Waals surface area contributed by atoms with Crippen molar-refractivity contribution in [1.29, 1.82) is 0 Å². The van der Waals surface area contributed by atoms with Crippen LogP contribution in [-0.4, -0.2) is 47.5 Å². The number of rotatable bonds is 3. The lowest BCUT2D eigenvalue weighted by atomic mass is 10.1. The third-order valence-electron chi connectivity index (χ3n) is 3.27. The van der Waals surface area contributed by atoms with Gasteiger partial charge in [-0.05, 0) is 24.1 Å². The van der Waals surface area contributed by atoms with Crippen molar-refractivity contribution in [3.63, 3.8) is 0 Å². The zero-order valence-electron chi connectivity index (χ0n) is 10.9. The molecular weight excluding hydrogens is 353 g/mol. The van der Waals surface area contributed by atoms with Crippen LogP contribution in [0.25, 0.3) is 11.0 Å². The first-order valence-electron chi connectivity index (χ1n) is 6.25. The Morgan fingerprint density at radius 2 is 2.37 bits per heavy atom. The molecule has 0 spiro atoms. The minimum Gasteiger partial charge on any atom is -0.356 e. The Kier molecular flexibility index (Phi) is 4.62. The summed E-state index contributed by atoms with van der Waals surface area (Å²) in [4.78, 5) is 14.0. The lowest BCUT2D eigenvalue weighted by molar-refractivity contribution is 0.534. The van der Waals surface area contributed by atoms with Crippen LogP contribution in [0.5, 0.6) is 0 Å². The van der Waals surface area contributed by atoms with Gasteiger partial charge in [0.1, 0.15) is 5.65 Å². The van der Waals surface area contributed by atoms with Gasteiger partial charge in [-0.3, -0.25) is 4.99 Å². The molecule has 19 heavy (non-hydrogen) atoms. The highest BCUT2D eigenvalue weighted by Crippen LogP contribution is 2.15. The Labute approximate surface area is 129 Å². The lowest BCUT2D eigenvalue weighted by Crippen LogP contribution is -2.36. The fourth-order valence-corrected chi connectivity index (χ4v) is 2.25. The van der Waals surface area contributed by atoms with Crippen molar-refractivity contribution in [3.05, 3.63) is 30.1 Å². The SMILES string of the molecule is CN1CCN=C1NCCc1c[nH]c2ncccc12.I. The topological polar surface area (TPSA) is 56.3 Å². The smallest absolute Gasteiger partial charge is 0.193 e. The van der Waals surface area contributed by atoms with Crippen LogP contribution < -0.4 is 5.32 Å². The van der Waals surface area contributed by atoms with E-state index in [4.69, 9.17) is 0 Å². The fourth-order valence-electron chi connectivity index (χ4n) is 2.25. The molecule has 0 atom stereocenters. The van der Waals surface area contributed by atoms with Crippen LogP contribution in [-0.2, 0) is 6.42 Å². The van der Waals surface area contributed by atoms with E-state index in [0.717, 1.165) is 37.7 Å². The highest BCUT2D eigenvalue weighted by molar-refractivity contribution is 14.0. The summed E-state index contributed by atoms with van der Waals surface area (Å²) in [6.07, 6.45) is 4.82. The Hall–Kier alpha value is -1.31. The van der Waals surface area contributed by atoms with E-state index in [9.17, 15) is 0 Å². The second-order valence-electron chi connectivity index (χ2n) is 4.52. The van der Waals surface area contributed by atoms with Crippen LogP contribution in [0.1, 0.15) is 5.56 Å². The molecule has 2 aromatic heterocycles. The number of fused-ring (bicyclic) bond motifs is 1. The summed E-state index contributed by atoms with van der Waals surface area (Å²) < 4.78 is 0. The Balaban J connectivity index is 0.00000133. The monoisotopic (exact) mass is 371 g/mol. The number of aliphatic imine (C=N–C) groups is 1. The Morgan fingerprint density at radius 1 is 1.47 bits per heavy atom. The standard InChI is InChI=1S/C13H17N5.HI/c1-18-8-7-16-13(18)15-6-4-10-9-17-12-11(10)3-2-5-14-12;/h2-3,5,9H,4,6-8H2,1H3,(H,14,17)(H,15,16);1H. The van der Waals surface area contributed by atoms with Crippen LogP contribution >= 0.6 is 24.0 Å². The predicted molar refractivity (Wildman–Crippen MR) is 88.1 cm³/mol. The average Bonchev–Trinajstić information content (AvgIpc) is 2.97. The largest absolute Gasteiger partial charge is 0.356 e. The maximum atomic E-state index is 4.41. The minimum absolute atomic E-state index is 0. The summed E-state index contributed by atoms with van der Waals surface area (Å²) in [7, 11) is 2.06. The van der Waals surface area contributed by atoms with Gasteiger partial charge in [0, 0.05) is 37.9 Å². The van der Waals surface area contributed by atoms with Crippen LogP contribution in [0.2, 0.25) is 0 Å². The van der Waals surface area contributed by atoms with Crippen LogP contribution in [0.15, 0.2) is 29.5 Å². The summed E-state index contributed by atoms with van der Waals surface area (Å²) in [6, 6.07) is 4.08. The highest BCUT2D eigenvalue weighted by Gasteiger charge is 2.11. The van der Waals surface area contributed by atoms with E-state index in [2.05, 4.69) is 38.3 Å². The number of likely N-dealkylation sites (N-methyl/N-ethyl adjacent to an activating group) is 1. The van der Waals surface area contributed by atoms with Crippen molar-refractivity contribution in [3.8, 4) is 0 Å². The van der Waals surface area contributed by atoms with Crippen molar-refractivity contribution >= 4 is 41.0 Å². The maximum absolute atomic E-state index is 4.41. The number of hydrogen-bond acceptors (Lipinski definition) is 4. The van der Waals surface area contributed by atoms with E-state index in [1.54, 1.807) is 0 Å². The zero-order chi connectivity index (χ0) is 12.4. The first-order chi connectivity index (χ1) is 8.84. The van der Waals surface area contributed by atoms with Gasteiger partial charge in [0.25, 0.3) is 0 Å². The van der Waals surface area contributed by atoms with Crippen molar-refractivity contribution < 1.29 is 0 Å². The van der Waals surface area contributed by atoms with Crippen molar-refractivity contribution in [2.75, 3.05) is 26.7 Å². The van der Waals surface area contributed by atoms with Gasteiger partial charge in [0.2, 0.25) is 0 Å². The molecule has 0 bridgehead atoms. The van der Waals surface area contributed by atoms with E-state index in [0.29, 0.717) is 0 Å². The second kappa shape index (κ2) is 6.23. The fraction of sp³-hybridized carbons (Fsp3) is 0.385. The molecule has 102 valence electrons. The number of guanidine groups is 1. The lowest BCUT2D eigenvalue weighted by Gasteiger charge is -2.14. The van der Waals surface area contributed by atoms with Crippen LogP contribution in [0.4, 0.5) is 0 Å². The van der Waals surface area contributed by atoms with Gasteiger partial charge < -0.3 is 15.2 Å². The molecular formula is C13H18IN5. The quantitative estimate of drug-likeness (QED) is 0.807. The molecule has 0 saturated heterocycles. The highest BCUT2D eigenvalue weighted by atomic mass is 127. The predicted octanol–water partition coefficient (Wildman–Crippen LogP) is 1.61. The molecule has 0 saturated carbocycles. The molecule has 1 aliphatic rings. The summed E-state index contributed by atoms with van der Waals surface area (Å²) in [6.45, 7) is 2.81. The second-order valence-corrected chi connectivity index (χ2v) is 4.52. The van der Waals surface area contributed by atoms with Gasteiger partial charge in [-0.15, -0.1) is 24.0 Å². The first kappa shape index (κ1) is 14.1. The molecule has 0 amide bonds. The van der Waals surface area contributed by atoms with Gasteiger partial charge in [0.05, 0.1) is 6.54 Å². The molecule has 1 aliphatic heterocycles.